The Labute approximate surface area is 81.3 Å². The Balaban J connectivity index is 2.48. The van der Waals surface area contributed by atoms with Crippen molar-refractivity contribution in [1.82, 2.24) is 9.80 Å². The van der Waals surface area contributed by atoms with E-state index in [-0.39, 0.29) is 0 Å². The molecule has 0 bridgehead atoms. The van der Waals surface area contributed by atoms with Gasteiger partial charge in [0, 0.05) is 12.6 Å². The summed E-state index contributed by atoms with van der Waals surface area (Å²) in [4.78, 5) is 4.74. The summed E-state index contributed by atoms with van der Waals surface area (Å²) in [7, 11) is 2.14. The van der Waals surface area contributed by atoms with E-state index in [2.05, 4.69) is 23.8 Å². The molecule has 13 heavy (non-hydrogen) atoms. The van der Waals surface area contributed by atoms with Crippen molar-refractivity contribution in [3.05, 3.63) is 0 Å². The zero-order valence-electron chi connectivity index (χ0n) is 8.87. The fourth-order valence-electron chi connectivity index (χ4n) is 2.05. The van der Waals surface area contributed by atoms with Gasteiger partial charge in [0.25, 0.3) is 0 Å². The Morgan fingerprint density at radius 1 is 1.38 bits per heavy atom. The molecule has 1 saturated heterocycles. The fraction of sp³-hybridized carbons (Fsp3) is 1.00. The van der Waals surface area contributed by atoms with Gasteiger partial charge in [0.15, 0.2) is 0 Å². The molecule has 3 nitrogen and oxygen atoms in total. The van der Waals surface area contributed by atoms with Gasteiger partial charge in [0.2, 0.25) is 0 Å². The molecule has 0 saturated carbocycles. The predicted octanol–water partition coefficient (Wildman–Crippen LogP) is 0.395. The maximum Gasteiger partial charge on any atom is 0.0599 e. The Morgan fingerprint density at radius 2 is 2.15 bits per heavy atom. The van der Waals surface area contributed by atoms with Crippen molar-refractivity contribution in [2.75, 3.05) is 39.8 Å². The van der Waals surface area contributed by atoms with E-state index in [4.69, 9.17) is 0 Å². The lowest BCUT2D eigenvalue weighted by Gasteiger charge is -2.28. The first-order chi connectivity index (χ1) is 6.27. The second kappa shape index (κ2) is 5.58. The van der Waals surface area contributed by atoms with Crippen molar-refractivity contribution in [3.63, 3.8) is 0 Å². The summed E-state index contributed by atoms with van der Waals surface area (Å²) in [5.41, 5.74) is 0. The summed E-state index contributed by atoms with van der Waals surface area (Å²) >= 11 is 0. The van der Waals surface area contributed by atoms with Crippen LogP contribution in [0.4, 0.5) is 0 Å². The van der Waals surface area contributed by atoms with Gasteiger partial charge in [-0.25, -0.2) is 0 Å². The molecule has 1 N–H and O–H groups in total. The molecule has 1 unspecified atom stereocenters. The van der Waals surface area contributed by atoms with Gasteiger partial charge in [-0.3, -0.25) is 4.90 Å². The van der Waals surface area contributed by atoms with Crippen molar-refractivity contribution >= 4 is 0 Å². The van der Waals surface area contributed by atoms with Gasteiger partial charge >= 0.3 is 0 Å². The van der Waals surface area contributed by atoms with Crippen molar-refractivity contribution in [3.8, 4) is 0 Å². The van der Waals surface area contributed by atoms with Crippen LogP contribution in [0, 0.1) is 0 Å². The highest BCUT2D eigenvalue weighted by molar-refractivity contribution is 4.77. The van der Waals surface area contributed by atoms with E-state index < -0.39 is 0 Å². The monoisotopic (exact) mass is 186 g/mol. The molecule has 78 valence electrons. The molecule has 0 spiro atoms. The number of hydrogen-bond acceptors (Lipinski definition) is 3. The zero-order chi connectivity index (χ0) is 9.68. The smallest absolute Gasteiger partial charge is 0.0599 e. The SMILES string of the molecule is CCCN1CCCN(C)CC1CO. The van der Waals surface area contributed by atoms with Gasteiger partial charge < -0.3 is 10.0 Å². The summed E-state index contributed by atoms with van der Waals surface area (Å²) < 4.78 is 0. The molecular formula is C10H22N2O. The van der Waals surface area contributed by atoms with E-state index in [1.807, 2.05) is 0 Å². The first-order valence-electron chi connectivity index (χ1n) is 5.31. The Hall–Kier alpha value is -0.120. The topological polar surface area (TPSA) is 26.7 Å². The molecule has 1 aliphatic heterocycles. The van der Waals surface area contributed by atoms with Crippen molar-refractivity contribution < 1.29 is 5.11 Å². The zero-order valence-corrected chi connectivity index (χ0v) is 8.87. The van der Waals surface area contributed by atoms with E-state index in [1.54, 1.807) is 0 Å². The standard InChI is InChI=1S/C10H22N2O/c1-3-5-12-7-4-6-11(2)8-10(12)9-13/h10,13H,3-9H2,1-2H3. The summed E-state index contributed by atoms with van der Waals surface area (Å²) in [5.74, 6) is 0. The van der Waals surface area contributed by atoms with Crippen LogP contribution >= 0.6 is 0 Å². The van der Waals surface area contributed by atoms with E-state index in [9.17, 15) is 5.11 Å². The van der Waals surface area contributed by atoms with Gasteiger partial charge in [-0.2, -0.15) is 0 Å². The highest BCUT2D eigenvalue weighted by Crippen LogP contribution is 2.08. The number of aliphatic hydroxyl groups is 1. The van der Waals surface area contributed by atoms with Gasteiger partial charge in [-0.1, -0.05) is 6.92 Å². The third-order valence-electron chi connectivity index (χ3n) is 2.75. The molecule has 0 aliphatic carbocycles. The highest BCUT2D eigenvalue weighted by Gasteiger charge is 2.21. The molecule has 1 aliphatic rings. The normalized spacial score (nSPS) is 27.5. The minimum absolute atomic E-state index is 0.296. The highest BCUT2D eigenvalue weighted by atomic mass is 16.3. The maximum absolute atomic E-state index is 9.26. The van der Waals surface area contributed by atoms with Crippen molar-refractivity contribution in [2.45, 2.75) is 25.8 Å². The first-order valence-corrected chi connectivity index (χ1v) is 5.31. The van der Waals surface area contributed by atoms with E-state index >= 15 is 0 Å². The average molecular weight is 186 g/mol. The summed E-state index contributed by atoms with van der Waals surface area (Å²) in [6.45, 7) is 6.93. The van der Waals surface area contributed by atoms with Crippen LogP contribution in [0.25, 0.3) is 0 Å². The summed E-state index contributed by atoms with van der Waals surface area (Å²) in [6.07, 6.45) is 2.41. The Kier molecular flexibility index (Phi) is 4.70. The van der Waals surface area contributed by atoms with Gasteiger partial charge in [0.05, 0.1) is 6.61 Å². The van der Waals surface area contributed by atoms with E-state index in [0.717, 1.165) is 26.2 Å². The Bertz CT molecular complexity index is 141. The van der Waals surface area contributed by atoms with Crippen LogP contribution in [0.1, 0.15) is 19.8 Å². The van der Waals surface area contributed by atoms with Crippen LogP contribution < -0.4 is 0 Å². The lowest BCUT2D eigenvalue weighted by atomic mass is 10.2. The van der Waals surface area contributed by atoms with Crippen molar-refractivity contribution in [2.24, 2.45) is 0 Å². The van der Waals surface area contributed by atoms with Crippen LogP contribution in [0.15, 0.2) is 0 Å². The lowest BCUT2D eigenvalue weighted by molar-refractivity contribution is 0.117. The Morgan fingerprint density at radius 3 is 2.77 bits per heavy atom. The van der Waals surface area contributed by atoms with E-state index in [1.165, 1.54) is 12.8 Å². The minimum atomic E-state index is 0.296. The van der Waals surface area contributed by atoms with Gasteiger partial charge in [-0.05, 0) is 39.5 Å². The predicted molar refractivity (Wildman–Crippen MR) is 54.9 cm³/mol. The van der Waals surface area contributed by atoms with Crippen LogP contribution in [-0.4, -0.2) is 60.8 Å². The molecule has 1 rings (SSSR count). The van der Waals surface area contributed by atoms with E-state index in [0.29, 0.717) is 12.6 Å². The summed E-state index contributed by atoms with van der Waals surface area (Å²) in [5, 5.41) is 9.26. The average Bonchev–Trinajstić information content (AvgIpc) is 2.29. The lowest BCUT2D eigenvalue weighted by Crippen LogP contribution is -2.42. The van der Waals surface area contributed by atoms with Crippen molar-refractivity contribution in [1.29, 1.82) is 0 Å². The summed E-state index contributed by atoms with van der Waals surface area (Å²) in [6, 6.07) is 0.354. The van der Waals surface area contributed by atoms with Crippen LogP contribution in [0.5, 0.6) is 0 Å². The molecule has 1 fully saturated rings. The van der Waals surface area contributed by atoms with Crippen LogP contribution in [0.2, 0.25) is 0 Å². The third-order valence-corrected chi connectivity index (χ3v) is 2.75. The number of likely N-dealkylation sites (N-methyl/N-ethyl adjacent to an activating group) is 1. The molecular weight excluding hydrogens is 164 g/mol. The van der Waals surface area contributed by atoms with Crippen LogP contribution in [0.3, 0.4) is 0 Å². The number of aliphatic hydroxyl groups excluding tert-OH is 1. The third kappa shape index (κ3) is 3.25. The van der Waals surface area contributed by atoms with Gasteiger partial charge in [0.1, 0.15) is 0 Å². The molecule has 0 aromatic heterocycles. The molecule has 3 heteroatoms. The maximum atomic E-state index is 9.26. The number of hydrogen-bond donors (Lipinski definition) is 1. The number of nitrogens with zero attached hydrogens (tertiary/aromatic N) is 2. The molecule has 0 aromatic rings. The molecule has 0 radical (unpaired) electrons. The molecule has 0 aromatic carbocycles. The quantitative estimate of drug-likeness (QED) is 0.691. The molecule has 1 heterocycles. The molecule has 1 atom stereocenters. The van der Waals surface area contributed by atoms with Gasteiger partial charge in [-0.15, -0.1) is 0 Å². The second-order valence-electron chi connectivity index (χ2n) is 3.99. The van der Waals surface area contributed by atoms with Crippen LogP contribution in [-0.2, 0) is 0 Å². The molecule has 0 amide bonds. The minimum Gasteiger partial charge on any atom is -0.395 e. The largest absolute Gasteiger partial charge is 0.395 e. The fourth-order valence-corrected chi connectivity index (χ4v) is 2.05. The number of rotatable bonds is 3. The first kappa shape index (κ1) is 11.0. The second-order valence-corrected chi connectivity index (χ2v) is 3.99.